The highest BCUT2D eigenvalue weighted by molar-refractivity contribution is 5.48. The second kappa shape index (κ2) is 5.22. The minimum Gasteiger partial charge on any atom is -0.373 e. The highest BCUT2D eigenvalue weighted by Crippen LogP contribution is 2.38. The molecule has 1 saturated carbocycles. The predicted molar refractivity (Wildman–Crippen MR) is 75.1 cm³/mol. The summed E-state index contributed by atoms with van der Waals surface area (Å²) in [5, 5.41) is 6.39. The van der Waals surface area contributed by atoms with Crippen molar-refractivity contribution in [3.63, 3.8) is 0 Å². The second-order valence-corrected chi connectivity index (χ2v) is 4.70. The van der Waals surface area contributed by atoms with Crippen LogP contribution in [0, 0.1) is 0 Å². The maximum Gasteiger partial charge on any atom is 0.136 e. The minimum atomic E-state index is 0.545. The molecular formula is C14H17N5. The predicted octanol–water partition coefficient (Wildman–Crippen LogP) is 2.40. The molecule has 98 valence electrons. The van der Waals surface area contributed by atoms with Gasteiger partial charge in [-0.25, -0.2) is 9.97 Å². The van der Waals surface area contributed by atoms with Gasteiger partial charge in [-0.1, -0.05) is 6.07 Å². The summed E-state index contributed by atoms with van der Waals surface area (Å²) in [7, 11) is 1.88. The van der Waals surface area contributed by atoms with Gasteiger partial charge in [0.2, 0.25) is 0 Å². The fraction of sp³-hybridized carbons (Fsp3) is 0.357. The summed E-state index contributed by atoms with van der Waals surface area (Å²) in [5.74, 6) is 3.20. The van der Waals surface area contributed by atoms with Crippen LogP contribution in [0.3, 0.4) is 0 Å². The average Bonchev–Trinajstić information content (AvgIpc) is 3.30. The molecular weight excluding hydrogens is 238 g/mol. The number of anilines is 2. The van der Waals surface area contributed by atoms with E-state index in [0.717, 1.165) is 23.2 Å². The van der Waals surface area contributed by atoms with Crippen molar-refractivity contribution in [1.29, 1.82) is 0 Å². The summed E-state index contributed by atoms with van der Waals surface area (Å²) in [6.07, 6.45) is 4.20. The quantitative estimate of drug-likeness (QED) is 0.859. The molecule has 0 aromatic carbocycles. The lowest BCUT2D eigenvalue weighted by Crippen LogP contribution is -2.07. The molecule has 0 atom stereocenters. The van der Waals surface area contributed by atoms with Crippen LogP contribution in [0.2, 0.25) is 0 Å². The number of hydrogen-bond donors (Lipinski definition) is 2. The molecule has 0 amide bonds. The van der Waals surface area contributed by atoms with Crippen LogP contribution in [0.15, 0.2) is 30.5 Å². The van der Waals surface area contributed by atoms with Crippen LogP contribution in [0.5, 0.6) is 0 Å². The van der Waals surface area contributed by atoms with Crippen molar-refractivity contribution >= 4 is 11.6 Å². The summed E-state index contributed by atoms with van der Waals surface area (Å²) >= 11 is 0. The Hall–Kier alpha value is -2.17. The molecule has 2 aromatic heterocycles. The second-order valence-electron chi connectivity index (χ2n) is 4.70. The van der Waals surface area contributed by atoms with Gasteiger partial charge in [0.15, 0.2) is 0 Å². The van der Waals surface area contributed by atoms with Crippen LogP contribution in [-0.2, 0) is 6.54 Å². The van der Waals surface area contributed by atoms with Gasteiger partial charge in [-0.05, 0) is 25.0 Å². The molecule has 2 heterocycles. The molecule has 0 spiro atoms. The molecule has 19 heavy (non-hydrogen) atoms. The highest BCUT2D eigenvalue weighted by atomic mass is 15.1. The molecule has 3 rings (SSSR count). The van der Waals surface area contributed by atoms with Crippen LogP contribution in [-0.4, -0.2) is 22.0 Å². The Morgan fingerprint density at radius 2 is 2.05 bits per heavy atom. The van der Waals surface area contributed by atoms with Crippen molar-refractivity contribution in [3.05, 3.63) is 42.0 Å². The maximum absolute atomic E-state index is 4.57. The lowest BCUT2D eigenvalue weighted by atomic mass is 10.3. The van der Waals surface area contributed by atoms with Crippen molar-refractivity contribution < 1.29 is 0 Å². The van der Waals surface area contributed by atoms with Gasteiger partial charge in [-0.15, -0.1) is 0 Å². The first kappa shape index (κ1) is 11.9. The van der Waals surface area contributed by atoms with E-state index in [0.29, 0.717) is 12.5 Å². The SMILES string of the molecule is CNc1cc(NCc2ccccn2)nc(C2CC2)n1. The molecule has 0 bridgehead atoms. The summed E-state index contributed by atoms with van der Waals surface area (Å²) in [6, 6.07) is 7.82. The Morgan fingerprint density at radius 3 is 2.74 bits per heavy atom. The summed E-state index contributed by atoms with van der Waals surface area (Å²) < 4.78 is 0. The summed E-state index contributed by atoms with van der Waals surface area (Å²) in [4.78, 5) is 13.3. The lowest BCUT2D eigenvalue weighted by Gasteiger charge is -2.09. The van der Waals surface area contributed by atoms with Gasteiger partial charge in [-0.2, -0.15) is 0 Å². The van der Waals surface area contributed by atoms with E-state index in [-0.39, 0.29) is 0 Å². The van der Waals surface area contributed by atoms with E-state index in [1.165, 1.54) is 12.8 Å². The van der Waals surface area contributed by atoms with E-state index in [2.05, 4.69) is 25.6 Å². The Bertz CT molecular complexity index is 551. The van der Waals surface area contributed by atoms with E-state index in [4.69, 9.17) is 0 Å². The molecule has 0 radical (unpaired) electrons. The third kappa shape index (κ3) is 2.99. The van der Waals surface area contributed by atoms with E-state index in [1.54, 1.807) is 6.20 Å². The van der Waals surface area contributed by atoms with Crippen molar-refractivity contribution in [2.45, 2.75) is 25.3 Å². The number of rotatable bonds is 5. The molecule has 5 nitrogen and oxygen atoms in total. The Labute approximate surface area is 112 Å². The number of hydrogen-bond acceptors (Lipinski definition) is 5. The number of pyridine rings is 1. The van der Waals surface area contributed by atoms with E-state index in [1.807, 2.05) is 31.3 Å². The van der Waals surface area contributed by atoms with Crippen LogP contribution < -0.4 is 10.6 Å². The van der Waals surface area contributed by atoms with Gasteiger partial charge in [0.05, 0.1) is 12.2 Å². The van der Waals surface area contributed by atoms with Gasteiger partial charge >= 0.3 is 0 Å². The molecule has 1 aliphatic rings. The van der Waals surface area contributed by atoms with Gasteiger partial charge in [0.25, 0.3) is 0 Å². The Balaban J connectivity index is 1.74. The third-order valence-electron chi connectivity index (χ3n) is 3.12. The molecule has 0 aliphatic heterocycles. The van der Waals surface area contributed by atoms with Crippen molar-refractivity contribution in [2.75, 3.05) is 17.7 Å². The van der Waals surface area contributed by atoms with Crippen molar-refractivity contribution in [1.82, 2.24) is 15.0 Å². The molecule has 5 heteroatoms. The van der Waals surface area contributed by atoms with Gasteiger partial charge in [0, 0.05) is 25.2 Å². The van der Waals surface area contributed by atoms with E-state index in [9.17, 15) is 0 Å². The third-order valence-corrected chi connectivity index (χ3v) is 3.12. The monoisotopic (exact) mass is 255 g/mol. The van der Waals surface area contributed by atoms with E-state index >= 15 is 0 Å². The van der Waals surface area contributed by atoms with Gasteiger partial charge < -0.3 is 10.6 Å². The number of nitrogens with one attached hydrogen (secondary N) is 2. The lowest BCUT2D eigenvalue weighted by molar-refractivity contribution is 0.918. The molecule has 1 fully saturated rings. The fourth-order valence-corrected chi connectivity index (χ4v) is 1.89. The summed E-state index contributed by atoms with van der Waals surface area (Å²) in [5.41, 5.74) is 1.00. The number of nitrogens with zero attached hydrogens (tertiary/aromatic N) is 3. The fourth-order valence-electron chi connectivity index (χ4n) is 1.89. The first-order chi connectivity index (χ1) is 9.35. The molecule has 0 unspecified atom stereocenters. The average molecular weight is 255 g/mol. The zero-order valence-electron chi connectivity index (χ0n) is 10.9. The van der Waals surface area contributed by atoms with Crippen molar-refractivity contribution in [3.8, 4) is 0 Å². The zero-order valence-corrected chi connectivity index (χ0v) is 10.9. The van der Waals surface area contributed by atoms with Crippen LogP contribution in [0.1, 0.15) is 30.3 Å². The zero-order chi connectivity index (χ0) is 13.1. The maximum atomic E-state index is 4.57. The minimum absolute atomic E-state index is 0.545. The smallest absolute Gasteiger partial charge is 0.136 e. The first-order valence-electron chi connectivity index (χ1n) is 6.55. The molecule has 2 aromatic rings. The summed E-state index contributed by atoms with van der Waals surface area (Å²) in [6.45, 7) is 0.672. The normalized spacial score (nSPS) is 14.2. The molecule has 0 saturated heterocycles. The van der Waals surface area contributed by atoms with Crippen LogP contribution in [0.25, 0.3) is 0 Å². The van der Waals surface area contributed by atoms with Gasteiger partial charge in [-0.3, -0.25) is 4.98 Å². The van der Waals surface area contributed by atoms with Gasteiger partial charge in [0.1, 0.15) is 17.5 Å². The Kier molecular flexibility index (Phi) is 3.27. The largest absolute Gasteiger partial charge is 0.373 e. The first-order valence-corrected chi connectivity index (χ1v) is 6.55. The van der Waals surface area contributed by atoms with E-state index < -0.39 is 0 Å². The van der Waals surface area contributed by atoms with Crippen molar-refractivity contribution in [2.24, 2.45) is 0 Å². The highest BCUT2D eigenvalue weighted by Gasteiger charge is 2.27. The van der Waals surface area contributed by atoms with Crippen LogP contribution >= 0.6 is 0 Å². The van der Waals surface area contributed by atoms with Crippen LogP contribution in [0.4, 0.5) is 11.6 Å². The topological polar surface area (TPSA) is 62.7 Å². The number of aromatic nitrogens is 3. The Morgan fingerprint density at radius 1 is 1.21 bits per heavy atom. The standard InChI is InChI=1S/C14H17N5/c1-15-12-8-13(19-14(18-12)10-5-6-10)17-9-11-4-2-3-7-16-11/h2-4,7-8,10H,5-6,9H2,1H3,(H2,15,17,18,19). The molecule has 1 aliphatic carbocycles. The molecule has 2 N–H and O–H groups in total.